The highest BCUT2D eigenvalue weighted by Crippen LogP contribution is 2.27. The number of rotatable bonds is 6. The molecule has 1 heterocycles. The number of hydrogen-bond acceptors (Lipinski definition) is 2. The Kier molecular flexibility index (Phi) is 5.45. The summed E-state index contributed by atoms with van der Waals surface area (Å²) in [5.41, 5.74) is 4.49. The minimum atomic E-state index is 0.211. The van der Waals surface area contributed by atoms with E-state index in [4.69, 9.17) is 0 Å². The summed E-state index contributed by atoms with van der Waals surface area (Å²) in [6, 6.07) is 7.34. The number of nitrogens with one attached hydrogen (secondary N) is 1. The third-order valence-electron chi connectivity index (χ3n) is 5.15. The van der Waals surface area contributed by atoms with Crippen molar-refractivity contribution in [2.75, 3.05) is 19.6 Å². The molecule has 0 aromatic heterocycles. The van der Waals surface area contributed by atoms with E-state index in [-0.39, 0.29) is 5.54 Å². The number of likely N-dealkylation sites (N-methyl/N-ethyl adjacent to an activating group) is 1. The highest BCUT2D eigenvalue weighted by atomic mass is 15.2. The van der Waals surface area contributed by atoms with E-state index in [9.17, 15) is 0 Å². The van der Waals surface area contributed by atoms with E-state index in [2.05, 4.69) is 63.0 Å². The van der Waals surface area contributed by atoms with Crippen LogP contribution in [0.2, 0.25) is 0 Å². The van der Waals surface area contributed by atoms with E-state index in [1.54, 1.807) is 0 Å². The lowest BCUT2D eigenvalue weighted by Gasteiger charge is -2.43. The van der Waals surface area contributed by atoms with Gasteiger partial charge in [-0.15, -0.1) is 0 Å². The molecule has 1 saturated heterocycles. The maximum absolute atomic E-state index is 3.75. The lowest BCUT2D eigenvalue weighted by atomic mass is 9.86. The highest BCUT2D eigenvalue weighted by molar-refractivity contribution is 5.31. The SMILES string of the molecule is CCNC(Cc1cc(C)ccc1C)C(C)(C)N1CCCC1. The average Bonchev–Trinajstić information content (AvgIpc) is 2.97. The van der Waals surface area contributed by atoms with Gasteiger partial charge in [0.2, 0.25) is 0 Å². The van der Waals surface area contributed by atoms with Gasteiger partial charge in [0.15, 0.2) is 0 Å². The fourth-order valence-corrected chi connectivity index (χ4v) is 3.57. The van der Waals surface area contributed by atoms with Crippen LogP contribution in [0.15, 0.2) is 18.2 Å². The molecule has 0 spiro atoms. The minimum Gasteiger partial charge on any atom is -0.312 e. The predicted molar refractivity (Wildman–Crippen MR) is 92.0 cm³/mol. The quantitative estimate of drug-likeness (QED) is 0.858. The Balaban J connectivity index is 2.19. The first-order valence-corrected chi connectivity index (χ1v) is 8.49. The van der Waals surface area contributed by atoms with Crippen molar-refractivity contribution < 1.29 is 0 Å². The van der Waals surface area contributed by atoms with E-state index in [0.717, 1.165) is 13.0 Å². The van der Waals surface area contributed by atoms with Gasteiger partial charge in [0.1, 0.15) is 0 Å². The van der Waals surface area contributed by atoms with Gasteiger partial charge < -0.3 is 5.32 Å². The molecule has 0 saturated carbocycles. The summed E-state index contributed by atoms with van der Waals surface area (Å²) in [7, 11) is 0. The Labute approximate surface area is 130 Å². The Morgan fingerprint density at radius 1 is 1.19 bits per heavy atom. The van der Waals surface area contributed by atoms with Gasteiger partial charge in [0.05, 0.1) is 0 Å². The first-order valence-electron chi connectivity index (χ1n) is 8.49. The summed E-state index contributed by atoms with van der Waals surface area (Å²) in [6.07, 6.45) is 3.82. The molecule has 2 nitrogen and oxygen atoms in total. The molecule has 0 bridgehead atoms. The van der Waals surface area contributed by atoms with Crippen LogP contribution in [0.1, 0.15) is 50.3 Å². The third kappa shape index (κ3) is 3.87. The zero-order chi connectivity index (χ0) is 15.5. The standard InChI is InChI=1S/C19H32N2/c1-6-20-18(19(4,5)21-11-7-8-12-21)14-17-13-15(2)9-10-16(17)3/h9-10,13,18,20H,6-8,11-12,14H2,1-5H3. The molecule has 1 aliphatic rings. The number of nitrogens with zero attached hydrogens (tertiary/aromatic N) is 1. The molecule has 1 atom stereocenters. The fourth-order valence-electron chi connectivity index (χ4n) is 3.57. The van der Waals surface area contributed by atoms with Gasteiger partial charge in [-0.25, -0.2) is 0 Å². The van der Waals surface area contributed by atoms with Crippen LogP contribution >= 0.6 is 0 Å². The molecule has 0 radical (unpaired) electrons. The zero-order valence-electron chi connectivity index (χ0n) is 14.5. The summed E-state index contributed by atoms with van der Waals surface area (Å²) in [4.78, 5) is 2.67. The molecule has 1 aliphatic heterocycles. The topological polar surface area (TPSA) is 15.3 Å². The smallest absolute Gasteiger partial charge is 0.0309 e. The van der Waals surface area contributed by atoms with Gasteiger partial charge in [0, 0.05) is 11.6 Å². The normalized spacial score (nSPS) is 18.1. The summed E-state index contributed by atoms with van der Waals surface area (Å²) >= 11 is 0. The lowest BCUT2D eigenvalue weighted by Crippen LogP contribution is -2.57. The van der Waals surface area contributed by atoms with E-state index < -0.39 is 0 Å². The highest BCUT2D eigenvalue weighted by Gasteiger charge is 2.36. The van der Waals surface area contributed by atoms with Crippen LogP contribution in [0.3, 0.4) is 0 Å². The van der Waals surface area contributed by atoms with Crippen molar-refractivity contribution in [3.05, 3.63) is 34.9 Å². The first-order chi connectivity index (χ1) is 9.95. The van der Waals surface area contributed by atoms with Gasteiger partial charge >= 0.3 is 0 Å². The minimum absolute atomic E-state index is 0.211. The van der Waals surface area contributed by atoms with Crippen molar-refractivity contribution in [3.63, 3.8) is 0 Å². The third-order valence-corrected chi connectivity index (χ3v) is 5.15. The van der Waals surface area contributed by atoms with Crippen molar-refractivity contribution in [1.29, 1.82) is 0 Å². The predicted octanol–water partition coefficient (Wildman–Crippen LogP) is 3.70. The Morgan fingerprint density at radius 2 is 1.86 bits per heavy atom. The van der Waals surface area contributed by atoms with Crippen LogP contribution in [0.4, 0.5) is 0 Å². The van der Waals surface area contributed by atoms with Crippen molar-refractivity contribution in [3.8, 4) is 0 Å². The maximum atomic E-state index is 3.75. The van der Waals surface area contributed by atoms with E-state index >= 15 is 0 Å². The van der Waals surface area contributed by atoms with Gasteiger partial charge in [0.25, 0.3) is 0 Å². The average molecular weight is 288 g/mol. The van der Waals surface area contributed by atoms with Gasteiger partial charge in [-0.05, 0) is 77.7 Å². The Hall–Kier alpha value is -0.860. The summed E-state index contributed by atoms with van der Waals surface area (Å²) < 4.78 is 0. The molecule has 1 aromatic rings. The number of likely N-dealkylation sites (tertiary alicyclic amines) is 1. The molecular weight excluding hydrogens is 256 g/mol. The first kappa shape index (κ1) is 16.5. The molecule has 1 aromatic carbocycles. The summed E-state index contributed by atoms with van der Waals surface area (Å²) in [6.45, 7) is 15.0. The second-order valence-corrected chi connectivity index (χ2v) is 7.09. The number of aryl methyl sites for hydroxylation is 2. The number of hydrogen-bond donors (Lipinski definition) is 1. The van der Waals surface area contributed by atoms with Crippen LogP contribution in [-0.2, 0) is 6.42 Å². The molecule has 118 valence electrons. The molecule has 21 heavy (non-hydrogen) atoms. The van der Waals surface area contributed by atoms with Crippen LogP contribution in [0.25, 0.3) is 0 Å². The second kappa shape index (κ2) is 6.93. The van der Waals surface area contributed by atoms with E-state index in [1.807, 2.05) is 0 Å². The molecule has 0 aliphatic carbocycles. The lowest BCUT2D eigenvalue weighted by molar-refractivity contribution is 0.107. The number of benzene rings is 1. The molecule has 1 unspecified atom stereocenters. The Morgan fingerprint density at radius 3 is 2.48 bits per heavy atom. The molecular formula is C19H32N2. The second-order valence-electron chi connectivity index (χ2n) is 7.09. The summed E-state index contributed by atoms with van der Waals surface area (Å²) in [5, 5.41) is 3.75. The largest absolute Gasteiger partial charge is 0.312 e. The van der Waals surface area contributed by atoms with Crippen LogP contribution in [0, 0.1) is 13.8 Å². The van der Waals surface area contributed by atoms with Gasteiger partial charge in [-0.2, -0.15) is 0 Å². The van der Waals surface area contributed by atoms with Crippen LogP contribution in [0.5, 0.6) is 0 Å². The van der Waals surface area contributed by atoms with Gasteiger partial charge in [-0.3, -0.25) is 4.90 Å². The molecule has 0 amide bonds. The van der Waals surface area contributed by atoms with Crippen molar-refractivity contribution >= 4 is 0 Å². The van der Waals surface area contributed by atoms with E-state index in [1.165, 1.54) is 42.6 Å². The monoisotopic (exact) mass is 288 g/mol. The zero-order valence-corrected chi connectivity index (χ0v) is 14.5. The van der Waals surface area contributed by atoms with E-state index in [0.29, 0.717) is 6.04 Å². The Bertz CT molecular complexity index is 459. The molecule has 2 heteroatoms. The van der Waals surface area contributed by atoms with Gasteiger partial charge in [-0.1, -0.05) is 30.7 Å². The fraction of sp³-hybridized carbons (Fsp3) is 0.684. The maximum Gasteiger partial charge on any atom is 0.0309 e. The summed E-state index contributed by atoms with van der Waals surface area (Å²) in [5.74, 6) is 0. The molecule has 1 fully saturated rings. The van der Waals surface area contributed by atoms with Crippen LogP contribution in [-0.4, -0.2) is 36.1 Å². The molecule has 2 rings (SSSR count). The van der Waals surface area contributed by atoms with Crippen molar-refractivity contribution in [1.82, 2.24) is 10.2 Å². The van der Waals surface area contributed by atoms with Crippen molar-refractivity contribution in [2.45, 2.75) is 65.5 Å². The van der Waals surface area contributed by atoms with Crippen molar-refractivity contribution in [2.24, 2.45) is 0 Å². The molecule has 1 N–H and O–H groups in total. The van der Waals surface area contributed by atoms with Crippen LogP contribution < -0.4 is 5.32 Å².